The molecule has 0 aliphatic heterocycles. The van der Waals surface area contributed by atoms with Gasteiger partial charge in [-0.25, -0.2) is 9.59 Å². The zero-order chi connectivity index (χ0) is 14.5. The lowest BCUT2D eigenvalue weighted by Gasteiger charge is -2.32. The Balaban J connectivity index is 4.83. The van der Waals surface area contributed by atoms with Gasteiger partial charge >= 0.3 is 12.0 Å². The highest BCUT2D eigenvalue weighted by atomic mass is 16.4. The fourth-order valence-electron chi connectivity index (χ4n) is 1.56. The van der Waals surface area contributed by atoms with Crippen LogP contribution in [0.2, 0.25) is 0 Å². The number of hydrogen-bond donors (Lipinski definition) is 3. The first-order valence-electron chi connectivity index (χ1n) is 6.02. The number of carbonyl (C=O) groups excluding carboxylic acids is 1. The molecule has 6 nitrogen and oxygen atoms in total. The average molecular weight is 260 g/mol. The van der Waals surface area contributed by atoms with Crippen molar-refractivity contribution in [1.29, 1.82) is 0 Å². The second-order valence-electron chi connectivity index (χ2n) is 5.60. The van der Waals surface area contributed by atoms with Crippen LogP contribution >= 0.6 is 0 Å². The zero-order valence-corrected chi connectivity index (χ0v) is 11.7. The molecule has 106 valence electrons. The van der Waals surface area contributed by atoms with Crippen LogP contribution in [0, 0.1) is 5.41 Å². The number of carboxylic acid groups (broad SMARTS) is 1. The first-order chi connectivity index (χ1) is 8.11. The average Bonchev–Trinajstić information content (AvgIpc) is 2.19. The lowest BCUT2D eigenvalue weighted by Crippen LogP contribution is -2.55. The third-order valence-electron chi connectivity index (χ3n) is 2.61. The highest BCUT2D eigenvalue weighted by Crippen LogP contribution is 2.19. The van der Waals surface area contributed by atoms with Crippen LogP contribution in [0.5, 0.6) is 0 Å². The molecule has 3 N–H and O–H groups in total. The summed E-state index contributed by atoms with van der Waals surface area (Å²) in [4.78, 5) is 24.5. The van der Waals surface area contributed by atoms with E-state index in [4.69, 9.17) is 10.2 Å². The van der Waals surface area contributed by atoms with E-state index in [1.54, 1.807) is 20.8 Å². The van der Waals surface area contributed by atoms with Gasteiger partial charge in [-0.05, 0) is 19.3 Å². The largest absolute Gasteiger partial charge is 0.480 e. The van der Waals surface area contributed by atoms with Crippen LogP contribution in [0.3, 0.4) is 0 Å². The minimum Gasteiger partial charge on any atom is -0.480 e. The minimum atomic E-state index is -1.07. The lowest BCUT2D eigenvalue weighted by molar-refractivity contribution is -0.142. The van der Waals surface area contributed by atoms with Crippen LogP contribution in [0.15, 0.2) is 0 Å². The molecule has 18 heavy (non-hydrogen) atoms. The quantitative estimate of drug-likeness (QED) is 0.685. The molecule has 0 aromatic heterocycles. The molecule has 0 aromatic rings. The molecule has 1 atom stereocenters. The molecule has 0 aromatic carbocycles. The first-order valence-corrected chi connectivity index (χ1v) is 6.02. The van der Waals surface area contributed by atoms with E-state index in [0.29, 0.717) is 0 Å². The van der Waals surface area contributed by atoms with E-state index >= 15 is 0 Å². The molecule has 0 radical (unpaired) electrons. The third kappa shape index (κ3) is 4.91. The van der Waals surface area contributed by atoms with Crippen molar-refractivity contribution in [2.75, 3.05) is 13.2 Å². The van der Waals surface area contributed by atoms with Crippen molar-refractivity contribution < 1.29 is 19.8 Å². The number of nitrogens with zero attached hydrogens (tertiary/aromatic N) is 1. The van der Waals surface area contributed by atoms with Crippen LogP contribution in [-0.2, 0) is 4.79 Å². The number of aliphatic hydroxyl groups is 1. The van der Waals surface area contributed by atoms with Crippen LogP contribution in [0.25, 0.3) is 0 Å². The van der Waals surface area contributed by atoms with E-state index in [1.165, 1.54) is 4.90 Å². The van der Waals surface area contributed by atoms with E-state index < -0.39 is 23.5 Å². The number of amides is 2. The minimum absolute atomic E-state index is 0.105. The smallest absolute Gasteiger partial charge is 0.326 e. The predicted octanol–water partition coefficient (Wildman–Crippen LogP) is 0.898. The van der Waals surface area contributed by atoms with Gasteiger partial charge in [-0.15, -0.1) is 0 Å². The molecular weight excluding hydrogens is 236 g/mol. The van der Waals surface area contributed by atoms with Gasteiger partial charge in [0.1, 0.15) is 6.04 Å². The molecule has 0 spiro atoms. The molecule has 0 fully saturated rings. The Morgan fingerprint density at radius 1 is 1.28 bits per heavy atom. The second kappa shape index (κ2) is 6.58. The predicted molar refractivity (Wildman–Crippen MR) is 68.3 cm³/mol. The lowest BCUT2D eigenvalue weighted by atomic mass is 9.87. The third-order valence-corrected chi connectivity index (χ3v) is 2.61. The monoisotopic (exact) mass is 260 g/mol. The Morgan fingerprint density at radius 3 is 2.06 bits per heavy atom. The summed E-state index contributed by atoms with van der Waals surface area (Å²) in [7, 11) is 0. The molecule has 0 unspecified atom stereocenters. The van der Waals surface area contributed by atoms with Crippen LogP contribution in [0.1, 0.15) is 34.6 Å². The molecule has 0 aliphatic rings. The number of hydrogen-bond acceptors (Lipinski definition) is 3. The summed E-state index contributed by atoms with van der Waals surface area (Å²) in [6.07, 6.45) is 0. The van der Waals surface area contributed by atoms with Gasteiger partial charge in [0.2, 0.25) is 0 Å². The van der Waals surface area contributed by atoms with Crippen molar-refractivity contribution in [1.82, 2.24) is 10.2 Å². The van der Waals surface area contributed by atoms with Crippen molar-refractivity contribution in [2.45, 2.75) is 46.7 Å². The SMILES string of the molecule is CC(C)N(CCO)C(=O)N[C@H](C(=O)O)C(C)(C)C. The summed E-state index contributed by atoms with van der Waals surface area (Å²) < 4.78 is 0. The van der Waals surface area contributed by atoms with E-state index in [-0.39, 0.29) is 19.2 Å². The highest BCUT2D eigenvalue weighted by Gasteiger charge is 2.34. The maximum Gasteiger partial charge on any atom is 0.326 e. The Morgan fingerprint density at radius 2 is 1.78 bits per heavy atom. The van der Waals surface area contributed by atoms with Crippen LogP contribution in [0.4, 0.5) is 4.79 Å². The summed E-state index contributed by atoms with van der Waals surface area (Å²) >= 11 is 0. The molecule has 0 heterocycles. The first kappa shape index (κ1) is 16.7. The number of aliphatic hydroxyl groups excluding tert-OH is 1. The summed E-state index contributed by atoms with van der Waals surface area (Å²) in [5, 5.41) is 20.5. The van der Waals surface area contributed by atoms with Gasteiger partial charge in [-0.3, -0.25) is 0 Å². The molecular formula is C12H24N2O4. The molecule has 2 amide bonds. The Hall–Kier alpha value is -1.30. The zero-order valence-electron chi connectivity index (χ0n) is 11.7. The van der Waals surface area contributed by atoms with Crippen molar-refractivity contribution in [3.63, 3.8) is 0 Å². The van der Waals surface area contributed by atoms with Crippen molar-refractivity contribution in [3.05, 3.63) is 0 Å². The standard InChI is InChI=1S/C12H24N2O4/c1-8(2)14(6-7-15)11(18)13-9(10(16)17)12(3,4)5/h8-9,15H,6-7H2,1-5H3,(H,13,18)(H,16,17)/t9-/m1/s1. The summed E-state index contributed by atoms with van der Waals surface area (Å²) in [6, 6.07) is -1.54. The summed E-state index contributed by atoms with van der Waals surface area (Å²) in [5.74, 6) is -1.07. The van der Waals surface area contributed by atoms with Gasteiger partial charge in [0, 0.05) is 12.6 Å². The Labute approximate surface area is 108 Å². The fourth-order valence-corrected chi connectivity index (χ4v) is 1.56. The summed E-state index contributed by atoms with van der Waals surface area (Å²) in [5.41, 5.74) is -0.580. The van der Waals surface area contributed by atoms with E-state index in [0.717, 1.165) is 0 Å². The van der Waals surface area contributed by atoms with Gasteiger partial charge in [0.15, 0.2) is 0 Å². The van der Waals surface area contributed by atoms with Crippen molar-refractivity contribution in [3.8, 4) is 0 Å². The van der Waals surface area contributed by atoms with E-state index in [1.807, 2.05) is 13.8 Å². The van der Waals surface area contributed by atoms with Crippen molar-refractivity contribution in [2.24, 2.45) is 5.41 Å². The Kier molecular flexibility index (Phi) is 6.11. The summed E-state index contributed by atoms with van der Waals surface area (Å²) in [6.45, 7) is 8.89. The maximum atomic E-state index is 12.0. The molecule has 0 saturated heterocycles. The van der Waals surface area contributed by atoms with Crippen LogP contribution in [-0.4, -0.2) is 52.3 Å². The number of nitrogens with one attached hydrogen (secondary N) is 1. The van der Waals surface area contributed by atoms with Gasteiger partial charge < -0.3 is 20.4 Å². The number of urea groups is 1. The molecule has 0 saturated carbocycles. The highest BCUT2D eigenvalue weighted by molar-refractivity contribution is 5.83. The number of rotatable bonds is 5. The van der Waals surface area contributed by atoms with Gasteiger partial charge in [0.25, 0.3) is 0 Å². The normalized spacial score (nSPS) is 13.3. The number of aliphatic carboxylic acids is 1. The van der Waals surface area contributed by atoms with E-state index in [9.17, 15) is 9.59 Å². The Bertz CT molecular complexity index is 297. The second-order valence-corrected chi connectivity index (χ2v) is 5.60. The topological polar surface area (TPSA) is 89.9 Å². The maximum absolute atomic E-state index is 12.0. The molecule has 0 bridgehead atoms. The van der Waals surface area contributed by atoms with Gasteiger partial charge in [-0.1, -0.05) is 20.8 Å². The van der Waals surface area contributed by atoms with Crippen molar-refractivity contribution >= 4 is 12.0 Å². The number of carboxylic acids is 1. The van der Waals surface area contributed by atoms with E-state index in [2.05, 4.69) is 5.32 Å². The fraction of sp³-hybridized carbons (Fsp3) is 0.833. The molecule has 0 rings (SSSR count). The van der Waals surface area contributed by atoms with Gasteiger partial charge in [-0.2, -0.15) is 0 Å². The number of carbonyl (C=O) groups is 2. The van der Waals surface area contributed by atoms with Gasteiger partial charge in [0.05, 0.1) is 6.61 Å². The molecule has 6 heteroatoms. The van der Waals surface area contributed by atoms with Crippen LogP contribution < -0.4 is 5.32 Å². The molecule has 0 aliphatic carbocycles.